The summed E-state index contributed by atoms with van der Waals surface area (Å²) >= 11 is 0.974. The minimum Gasteiger partial charge on any atom is -0.258 e. The second-order valence-corrected chi connectivity index (χ2v) is 5.83. The van der Waals surface area contributed by atoms with Crippen LogP contribution in [0.3, 0.4) is 0 Å². The molecule has 1 heterocycles. The largest absolute Gasteiger partial charge is 0.318 e. The molecule has 1 aromatic heterocycles. The molecule has 0 amide bonds. The number of benzene rings is 1. The molecule has 0 radical (unpaired) electrons. The summed E-state index contributed by atoms with van der Waals surface area (Å²) in [6.07, 6.45) is 1.42. The fraction of sp³-hybridized carbons (Fsp3) is 0.308. The molecule has 0 fully saturated rings. The molecular formula is C13H11F3N2O2S. The van der Waals surface area contributed by atoms with Gasteiger partial charge in [0.1, 0.15) is 10.6 Å². The fourth-order valence-electron chi connectivity index (χ4n) is 1.80. The minimum atomic E-state index is -1.45. The van der Waals surface area contributed by atoms with Crippen LogP contribution >= 0.6 is 11.3 Å². The molecule has 0 bridgehead atoms. The van der Waals surface area contributed by atoms with Gasteiger partial charge in [0.2, 0.25) is 5.82 Å². The van der Waals surface area contributed by atoms with Crippen LogP contribution in [0.15, 0.2) is 6.20 Å². The van der Waals surface area contributed by atoms with Crippen molar-refractivity contribution in [3.05, 3.63) is 44.2 Å². The SMILES string of the molecule is Cc1c(F)c(F)c(-c2ncc(C(C)C)s2)c([N+](=O)[O-])c1F. The number of hydrogen-bond acceptors (Lipinski definition) is 4. The smallest absolute Gasteiger partial charge is 0.258 e. The van der Waals surface area contributed by atoms with Gasteiger partial charge in [-0.25, -0.2) is 13.8 Å². The molecule has 0 saturated carbocycles. The Morgan fingerprint density at radius 1 is 1.24 bits per heavy atom. The Labute approximate surface area is 122 Å². The van der Waals surface area contributed by atoms with Crippen LogP contribution in [0.1, 0.15) is 30.2 Å². The van der Waals surface area contributed by atoms with Crippen LogP contribution in [0.2, 0.25) is 0 Å². The van der Waals surface area contributed by atoms with Crippen molar-refractivity contribution in [3.63, 3.8) is 0 Å². The van der Waals surface area contributed by atoms with E-state index in [0.29, 0.717) is 0 Å². The number of thiazole rings is 1. The van der Waals surface area contributed by atoms with Crippen LogP contribution in [0.4, 0.5) is 18.9 Å². The molecule has 0 unspecified atom stereocenters. The van der Waals surface area contributed by atoms with Crippen LogP contribution in [-0.2, 0) is 0 Å². The first-order valence-corrected chi connectivity index (χ1v) is 6.84. The second kappa shape index (κ2) is 5.44. The average Bonchev–Trinajstić information content (AvgIpc) is 2.89. The highest BCUT2D eigenvalue weighted by Crippen LogP contribution is 2.40. The van der Waals surface area contributed by atoms with E-state index in [1.54, 1.807) is 0 Å². The van der Waals surface area contributed by atoms with E-state index in [1.165, 1.54) is 6.20 Å². The number of aromatic nitrogens is 1. The third-order valence-electron chi connectivity index (χ3n) is 3.00. The summed E-state index contributed by atoms with van der Waals surface area (Å²) < 4.78 is 41.7. The number of nitro benzene ring substituents is 1. The van der Waals surface area contributed by atoms with Crippen molar-refractivity contribution in [2.45, 2.75) is 26.7 Å². The summed E-state index contributed by atoms with van der Waals surface area (Å²) in [4.78, 5) is 14.6. The zero-order chi connectivity index (χ0) is 15.9. The molecule has 2 rings (SSSR count). The fourth-order valence-corrected chi connectivity index (χ4v) is 2.76. The third-order valence-corrected chi connectivity index (χ3v) is 4.32. The van der Waals surface area contributed by atoms with Crippen molar-refractivity contribution < 1.29 is 18.1 Å². The maximum atomic E-state index is 14.1. The number of halogens is 3. The van der Waals surface area contributed by atoms with Gasteiger partial charge < -0.3 is 0 Å². The summed E-state index contributed by atoms with van der Waals surface area (Å²) in [6.45, 7) is 4.67. The lowest BCUT2D eigenvalue weighted by atomic mass is 10.1. The van der Waals surface area contributed by atoms with E-state index in [4.69, 9.17) is 0 Å². The van der Waals surface area contributed by atoms with Crippen LogP contribution in [0, 0.1) is 34.5 Å². The van der Waals surface area contributed by atoms with Crippen LogP contribution in [0.5, 0.6) is 0 Å². The van der Waals surface area contributed by atoms with Crippen LogP contribution in [0.25, 0.3) is 10.6 Å². The quantitative estimate of drug-likeness (QED) is 0.473. The third kappa shape index (κ3) is 2.51. The molecule has 0 atom stereocenters. The minimum absolute atomic E-state index is 0.0681. The van der Waals surface area contributed by atoms with Crippen molar-refractivity contribution in [3.8, 4) is 10.6 Å². The zero-order valence-corrected chi connectivity index (χ0v) is 12.2. The maximum absolute atomic E-state index is 14.1. The molecule has 21 heavy (non-hydrogen) atoms. The van der Waals surface area contributed by atoms with E-state index >= 15 is 0 Å². The van der Waals surface area contributed by atoms with Gasteiger partial charge in [-0.15, -0.1) is 11.3 Å². The molecule has 2 aromatic rings. The average molecular weight is 316 g/mol. The van der Waals surface area contributed by atoms with Gasteiger partial charge in [-0.2, -0.15) is 4.39 Å². The second-order valence-electron chi connectivity index (χ2n) is 4.77. The Hall–Kier alpha value is -1.96. The Balaban J connectivity index is 2.80. The topological polar surface area (TPSA) is 56.0 Å². The van der Waals surface area contributed by atoms with Gasteiger partial charge in [0.05, 0.1) is 4.92 Å². The normalized spacial score (nSPS) is 11.2. The van der Waals surface area contributed by atoms with Crippen molar-refractivity contribution in [1.29, 1.82) is 0 Å². The van der Waals surface area contributed by atoms with E-state index in [1.807, 2.05) is 13.8 Å². The summed E-state index contributed by atoms with van der Waals surface area (Å²) in [5.74, 6) is -4.20. The van der Waals surface area contributed by atoms with E-state index < -0.39 is 39.2 Å². The lowest BCUT2D eigenvalue weighted by Gasteiger charge is -2.07. The highest BCUT2D eigenvalue weighted by molar-refractivity contribution is 7.15. The van der Waals surface area contributed by atoms with Gasteiger partial charge >= 0.3 is 5.69 Å². The lowest BCUT2D eigenvalue weighted by Crippen LogP contribution is -2.04. The molecule has 0 N–H and O–H groups in total. The van der Waals surface area contributed by atoms with E-state index in [0.717, 1.165) is 23.1 Å². The number of hydrogen-bond donors (Lipinski definition) is 0. The first kappa shape index (κ1) is 15.4. The first-order chi connectivity index (χ1) is 9.75. The standard InChI is InChI=1S/C13H11F3N2O2S/c1-5(2)7-4-17-13(21-7)8-11(16)9(14)6(3)10(15)12(8)18(19)20/h4-5H,1-3H3. The Morgan fingerprint density at radius 2 is 1.86 bits per heavy atom. The molecular weight excluding hydrogens is 305 g/mol. The van der Waals surface area contributed by atoms with Gasteiger partial charge in [-0.3, -0.25) is 10.1 Å². The number of nitrogens with zero attached hydrogens (tertiary/aromatic N) is 2. The van der Waals surface area contributed by atoms with Crippen LogP contribution in [-0.4, -0.2) is 9.91 Å². The highest BCUT2D eigenvalue weighted by Gasteiger charge is 2.33. The van der Waals surface area contributed by atoms with Crippen molar-refractivity contribution in [1.82, 2.24) is 4.98 Å². The van der Waals surface area contributed by atoms with E-state index in [9.17, 15) is 23.3 Å². The first-order valence-electron chi connectivity index (χ1n) is 6.03. The Morgan fingerprint density at radius 3 is 2.33 bits per heavy atom. The highest BCUT2D eigenvalue weighted by atomic mass is 32.1. The lowest BCUT2D eigenvalue weighted by molar-refractivity contribution is -0.387. The molecule has 1 aromatic carbocycles. The molecule has 0 saturated heterocycles. The van der Waals surface area contributed by atoms with Gasteiger partial charge in [0, 0.05) is 16.6 Å². The number of rotatable bonds is 3. The number of nitro groups is 1. The predicted octanol–water partition coefficient (Wildman–Crippen LogP) is 4.57. The van der Waals surface area contributed by atoms with Crippen LogP contribution < -0.4 is 0 Å². The predicted molar refractivity (Wildman–Crippen MR) is 72.9 cm³/mol. The van der Waals surface area contributed by atoms with Gasteiger partial charge in [0.25, 0.3) is 0 Å². The molecule has 0 aliphatic carbocycles. The van der Waals surface area contributed by atoms with Gasteiger partial charge in [-0.05, 0) is 12.8 Å². The Kier molecular flexibility index (Phi) is 3.99. The summed E-state index contributed by atoms with van der Waals surface area (Å²) in [7, 11) is 0. The van der Waals surface area contributed by atoms with E-state index in [-0.39, 0.29) is 10.9 Å². The molecule has 4 nitrogen and oxygen atoms in total. The molecule has 0 spiro atoms. The van der Waals surface area contributed by atoms with Crippen molar-refractivity contribution >= 4 is 17.0 Å². The molecule has 0 aliphatic rings. The van der Waals surface area contributed by atoms with Crippen molar-refractivity contribution in [2.24, 2.45) is 0 Å². The summed E-state index contributed by atoms with van der Waals surface area (Å²) in [5.41, 5.74) is -2.54. The zero-order valence-electron chi connectivity index (χ0n) is 11.4. The maximum Gasteiger partial charge on any atom is 0.318 e. The molecule has 112 valence electrons. The van der Waals surface area contributed by atoms with Crippen molar-refractivity contribution in [2.75, 3.05) is 0 Å². The molecule has 0 aliphatic heterocycles. The Bertz CT molecular complexity index is 729. The van der Waals surface area contributed by atoms with E-state index in [2.05, 4.69) is 4.98 Å². The summed E-state index contributed by atoms with van der Waals surface area (Å²) in [6, 6.07) is 0. The monoisotopic (exact) mass is 316 g/mol. The summed E-state index contributed by atoms with van der Waals surface area (Å²) in [5, 5.41) is 10.9. The molecule has 8 heteroatoms. The van der Waals surface area contributed by atoms with Gasteiger partial charge in [-0.1, -0.05) is 13.8 Å². The van der Waals surface area contributed by atoms with Gasteiger partial charge in [0.15, 0.2) is 11.6 Å².